The molecular formula is C15H15BrN2O2. The maximum absolute atomic E-state index is 11.5. The summed E-state index contributed by atoms with van der Waals surface area (Å²) in [5.41, 5.74) is 1.88. The Morgan fingerprint density at radius 2 is 2.00 bits per heavy atom. The SMILES string of the molecule is O=C(NCCc1ncccc1Br)OCc1ccccc1. The third-order valence-electron chi connectivity index (χ3n) is 2.68. The number of amides is 1. The van der Waals surface area contributed by atoms with Crippen LogP contribution in [-0.4, -0.2) is 17.6 Å². The highest BCUT2D eigenvalue weighted by molar-refractivity contribution is 9.10. The van der Waals surface area contributed by atoms with Crippen molar-refractivity contribution in [2.75, 3.05) is 6.54 Å². The molecule has 5 heteroatoms. The van der Waals surface area contributed by atoms with Gasteiger partial charge in [0.15, 0.2) is 0 Å². The van der Waals surface area contributed by atoms with Crippen LogP contribution in [0.15, 0.2) is 53.1 Å². The molecular weight excluding hydrogens is 320 g/mol. The van der Waals surface area contributed by atoms with Gasteiger partial charge in [0.25, 0.3) is 0 Å². The van der Waals surface area contributed by atoms with Gasteiger partial charge in [-0.3, -0.25) is 4.98 Å². The number of halogens is 1. The largest absolute Gasteiger partial charge is 0.445 e. The van der Waals surface area contributed by atoms with Crippen LogP contribution in [0, 0.1) is 0 Å². The number of carbonyl (C=O) groups excluding carboxylic acids is 1. The van der Waals surface area contributed by atoms with Gasteiger partial charge in [-0.25, -0.2) is 4.79 Å². The summed E-state index contributed by atoms with van der Waals surface area (Å²) in [5, 5.41) is 2.71. The van der Waals surface area contributed by atoms with Gasteiger partial charge < -0.3 is 10.1 Å². The molecule has 2 aromatic rings. The van der Waals surface area contributed by atoms with Crippen molar-refractivity contribution in [1.29, 1.82) is 0 Å². The van der Waals surface area contributed by atoms with E-state index in [0.717, 1.165) is 15.7 Å². The molecule has 0 saturated carbocycles. The smallest absolute Gasteiger partial charge is 0.407 e. The Morgan fingerprint density at radius 3 is 2.75 bits per heavy atom. The van der Waals surface area contributed by atoms with Gasteiger partial charge in [0.1, 0.15) is 6.61 Å². The fourth-order valence-corrected chi connectivity index (χ4v) is 2.11. The van der Waals surface area contributed by atoms with E-state index in [2.05, 4.69) is 26.2 Å². The molecule has 0 unspecified atom stereocenters. The topological polar surface area (TPSA) is 51.2 Å². The van der Waals surface area contributed by atoms with Crippen molar-refractivity contribution in [3.63, 3.8) is 0 Å². The van der Waals surface area contributed by atoms with Crippen LogP contribution in [0.25, 0.3) is 0 Å². The minimum absolute atomic E-state index is 0.278. The average molecular weight is 335 g/mol. The van der Waals surface area contributed by atoms with Crippen LogP contribution in [0.3, 0.4) is 0 Å². The number of carbonyl (C=O) groups is 1. The number of benzene rings is 1. The lowest BCUT2D eigenvalue weighted by molar-refractivity contribution is 0.140. The van der Waals surface area contributed by atoms with Crippen LogP contribution in [0.2, 0.25) is 0 Å². The van der Waals surface area contributed by atoms with E-state index in [4.69, 9.17) is 4.74 Å². The van der Waals surface area contributed by atoms with Crippen molar-refractivity contribution < 1.29 is 9.53 Å². The van der Waals surface area contributed by atoms with E-state index in [1.54, 1.807) is 6.20 Å². The van der Waals surface area contributed by atoms with E-state index in [-0.39, 0.29) is 6.61 Å². The molecule has 0 radical (unpaired) electrons. The summed E-state index contributed by atoms with van der Waals surface area (Å²) in [6.45, 7) is 0.767. The van der Waals surface area contributed by atoms with Gasteiger partial charge in [-0.1, -0.05) is 30.3 Å². The van der Waals surface area contributed by atoms with Gasteiger partial charge >= 0.3 is 6.09 Å². The zero-order valence-electron chi connectivity index (χ0n) is 10.9. The van der Waals surface area contributed by atoms with Gasteiger partial charge in [0.2, 0.25) is 0 Å². The van der Waals surface area contributed by atoms with Gasteiger partial charge in [-0.05, 0) is 33.6 Å². The lowest BCUT2D eigenvalue weighted by Gasteiger charge is -2.07. The molecule has 0 atom stereocenters. The first-order chi connectivity index (χ1) is 9.75. The Bertz CT molecular complexity index is 561. The Balaban J connectivity index is 1.69. The van der Waals surface area contributed by atoms with Crippen LogP contribution in [0.1, 0.15) is 11.3 Å². The Morgan fingerprint density at radius 1 is 1.20 bits per heavy atom. The molecule has 0 aliphatic heterocycles. The van der Waals surface area contributed by atoms with Crippen molar-refractivity contribution in [3.8, 4) is 0 Å². The second-order valence-electron chi connectivity index (χ2n) is 4.17. The molecule has 2 rings (SSSR count). The highest BCUT2D eigenvalue weighted by atomic mass is 79.9. The van der Waals surface area contributed by atoms with Crippen molar-refractivity contribution in [3.05, 3.63) is 64.4 Å². The fourth-order valence-electron chi connectivity index (χ4n) is 1.66. The van der Waals surface area contributed by atoms with Crippen LogP contribution in [0.4, 0.5) is 4.79 Å². The minimum atomic E-state index is -0.416. The summed E-state index contributed by atoms with van der Waals surface area (Å²) in [6, 6.07) is 13.4. The number of hydrogen-bond donors (Lipinski definition) is 1. The zero-order valence-corrected chi connectivity index (χ0v) is 12.5. The number of nitrogens with one attached hydrogen (secondary N) is 1. The number of pyridine rings is 1. The molecule has 0 fully saturated rings. The highest BCUT2D eigenvalue weighted by Gasteiger charge is 2.04. The molecule has 0 aliphatic carbocycles. The quantitative estimate of drug-likeness (QED) is 0.912. The van der Waals surface area contributed by atoms with E-state index in [0.29, 0.717) is 13.0 Å². The number of aromatic nitrogens is 1. The Kier molecular flexibility index (Phi) is 5.55. The molecule has 1 aromatic heterocycles. The predicted octanol–water partition coefficient (Wildman–Crippen LogP) is 3.31. The Hall–Kier alpha value is -1.88. The second kappa shape index (κ2) is 7.65. The molecule has 20 heavy (non-hydrogen) atoms. The summed E-state index contributed by atoms with van der Waals surface area (Å²) >= 11 is 3.42. The normalized spacial score (nSPS) is 10.1. The molecule has 1 N–H and O–H groups in total. The van der Waals surface area contributed by atoms with E-state index < -0.39 is 6.09 Å². The molecule has 1 heterocycles. The first-order valence-corrected chi connectivity index (χ1v) is 7.09. The van der Waals surface area contributed by atoms with Crippen molar-refractivity contribution in [2.24, 2.45) is 0 Å². The second-order valence-corrected chi connectivity index (χ2v) is 5.02. The van der Waals surface area contributed by atoms with Gasteiger partial charge in [0, 0.05) is 23.6 Å². The summed E-state index contributed by atoms with van der Waals surface area (Å²) in [4.78, 5) is 15.8. The molecule has 0 aliphatic rings. The summed E-state index contributed by atoms with van der Waals surface area (Å²) in [6.07, 6.45) is 1.97. The maximum Gasteiger partial charge on any atom is 0.407 e. The number of nitrogens with zero attached hydrogens (tertiary/aromatic N) is 1. The molecule has 0 spiro atoms. The molecule has 1 amide bonds. The average Bonchev–Trinajstić information content (AvgIpc) is 2.48. The monoisotopic (exact) mass is 334 g/mol. The molecule has 0 bridgehead atoms. The molecule has 0 saturated heterocycles. The number of rotatable bonds is 5. The van der Waals surface area contributed by atoms with Crippen molar-refractivity contribution >= 4 is 22.0 Å². The van der Waals surface area contributed by atoms with Gasteiger partial charge in [0.05, 0.1) is 5.69 Å². The lowest BCUT2D eigenvalue weighted by Crippen LogP contribution is -2.26. The maximum atomic E-state index is 11.5. The summed E-state index contributed by atoms with van der Waals surface area (Å²) < 4.78 is 6.06. The summed E-state index contributed by atoms with van der Waals surface area (Å²) in [7, 11) is 0. The lowest BCUT2D eigenvalue weighted by atomic mass is 10.2. The fraction of sp³-hybridized carbons (Fsp3) is 0.200. The van der Waals surface area contributed by atoms with E-state index in [1.165, 1.54) is 0 Å². The Labute approximate surface area is 126 Å². The van der Waals surface area contributed by atoms with E-state index >= 15 is 0 Å². The predicted molar refractivity (Wildman–Crippen MR) is 80.3 cm³/mol. The first kappa shape index (κ1) is 14.5. The number of ether oxygens (including phenoxy) is 1. The van der Waals surface area contributed by atoms with E-state index in [1.807, 2.05) is 42.5 Å². The van der Waals surface area contributed by atoms with Crippen LogP contribution in [-0.2, 0) is 17.8 Å². The van der Waals surface area contributed by atoms with Crippen LogP contribution in [0.5, 0.6) is 0 Å². The van der Waals surface area contributed by atoms with Crippen molar-refractivity contribution in [1.82, 2.24) is 10.3 Å². The molecule has 4 nitrogen and oxygen atoms in total. The first-order valence-electron chi connectivity index (χ1n) is 6.29. The third kappa shape index (κ3) is 4.66. The van der Waals surface area contributed by atoms with E-state index in [9.17, 15) is 4.79 Å². The standard InChI is InChI=1S/C15H15BrN2O2/c16-13-7-4-9-17-14(13)8-10-18-15(19)20-11-12-5-2-1-3-6-12/h1-7,9H,8,10-11H2,(H,18,19). The number of alkyl carbamates (subject to hydrolysis) is 1. The summed E-state index contributed by atoms with van der Waals surface area (Å²) in [5.74, 6) is 0. The third-order valence-corrected chi connectivity index (χ3v) is 3.40. The number of hydrogen-bond acceptors (Lipinski definition) is 3. The van der Waals surface area contributed by atoms with Gasteiger partial charge in [-0.15, -0.1) is 0 Å². The molecule has 104 valence electrons. The van der Waals surface area contributed by atoms with Crippen LogP contribution >= 0.6 is 15.9 Å². The molecule has 1 aromatic carbocycles. The minimum Gasteiger partial charge on any atom is -0.445 e. The van der Waals surface area contributed by atoms with Gasteiger partial charge in [-0.2, -0.15) is 0 Å². The van der Waals surface area contributed by atoms with Crippen LogP contribution < -0.4 is 5.32 Å². The highest BCUT2D eigenvalue weighted by Crippen LogP contribution is 2.13. The van der Waals surface area contributed by atoms with Crippen molar-refractivity contribution in [2.45, 2.75) is 13.0 Å². The zero-order chi connectivity index (χ0) is 14.2.